The molecule has 0 bridgehead atoms. The smallest absolute Gasteiger partial charge is 0.339 e. The van der Waals surface area contributed by atoms with Crippen molar-refractivity contribution in [2.75, 3.05) is 18.5 Å². The number of rotatable bonds is 7. The van der Waals surface area contributed by atoms with E-state index in [1.807, 2.05) is 48.3 Å². The first-order valence-corrected chi connectivity index (χ1v) is 10.5. The topological polar surface area (TPSA) is 66.3 Å². The predicted octanol–water partition coefficient (Wildman–Crippen LogP) is 4.71. The standard InChI is InChI=1S/C25H27N3O2/c1-28(17-14-19-10-4-2-5-11-19)24-26-18-21(23(29)30)22(27-24)25(15-8-9-16-25)20-12-6-3-7-13-20/h2-7,10-13,18H,8-9,14-17H2,1H3,(H,29,30). The molecule has 1 aromatic heterocycles. The third-order valence-electron chi connectivity index (χ3n) is 6.16. The Hall–Kier alpha value is -3.21. The lowest BCUT2D eigenvalue weighted by molar-refractivity contribution is 0.0693. The molecule has 1 fully saturated rings. The number of carbonyl (C=O) groups is 1. The second-order valence-corrected chi connectivity index (χ2v) is 8.05. The van der Waals surface area contributed by atoms with E-state index in [0.29, 0.717) is 11.6 Å². The third-order valence-corrected chi connectivity index (χ3v) is 6.16. The van der Waals surface area contributed by atoms with E-state index in [4.69, 9.17) is 4.98 Å². The Kier molecular flexibility index (Phi) is 5.79. The maximum atomic E-state index is 12.1. The first kappa shape index (κ1) is 20.1. The average molecular weight is 402 g/mol. The number of benzene rings is 2. The van der Waals surface area contributed by atoms with Crippen molar-refractivity contribution in [2.45, 2.75) is 37.5 Å². The molecule has 1 aliphatic carbocycles. The summed E-state index contributed by atoms with van der Waals surface area (Å²) in [6.45, 7) is 0.758. The van der Waals surface area contributed by atoms with Crippen molar-refractivity contribution in [1.82, 2.24) is 9.97 Å². The SMILES string of the molecule is CN(CCc1ccccc1)c1ncc(C(=O)O)c(C2(c3ccccc3)CCCC2)n1. The van der Waals surface area contributed by atoms with Crippen LogP contribution >= 0.6 is 0 Å². The maximum Gasteiger partial charge on any atom is 0.339 e. The van der Waals surface area contributed by atoms with E-state index in [-0.39, 0.29) is 11.0 Å². The Morgan fingerprint density at radius 1 is 1.03 bits per heavy atom. The lowest BCUT2D eigenvalue weighted by Gasteiger charge is -2.31. The van der Waals surface area contributed by atoms with Gasteiger partial charge in [0.15, 0.2) is 0 Å². The van der Waals surface area contributed by atoms with Gasteiger partial charge in [-0.1, -0.05) is 73.5 Å². The van der Waals surface area contributed by atoms with Crippen molar-refractivity contribution in [1.29, 1.82) is 0 Å². The van der Waals surface area contributed by atoms with Gasteiger partial charge in [0.25, 0.3) is 0 Å². The molecule has 1 aliphatic rings. The molecule has 4 rings (SSSR count). The molecular formula is C25H27N3O2. The van der Waals surface area contributed by atoms with Gasteiger partial charge < -0.3 is 10.0 Å². The molecular weight excluding hydrogens is 374 g/mol. The Morgan fingerprint density at radius 3 is 2.30 bits per heavy atom. The Balaban J connectivity index is 1.70. The number of hydrogen-bond donors (Lipinski definition) is 1. The molecule has 0 spiro atoms. The molecule has 0 unspecified atom stereocenters. The van der Waals surface area contributed by atoms with E-state index in [1.165, 1.54) is 11.8 Å². The van der Waals surface area contributed by atoms with Crippen molar-refractivity contribution in [3.63, 3.8) is 0 Å². The van der Waals surface area contributed by atoms with Crippen molar-refractivity contribution < 1.29 is 9.90 Å². The Morgan fingerprint density at radius 2 is 1.67 bits per heavy atom. The lowest BCUT2D eigenvalue weighted by atomic mass is 9.74. The van der Waals surface area contributed by atoms with E-state index >= 15 is 0 Å². The van der Waals surface area contributed by atoms with E-state index < -0.39 is 5.97 Å². The molecule has 0 atom stereocenters. The van der Waals surface area contributed by atoms with Crippen LogP contribution in [0.25, 0.3) is 0 Å². The second kappa shape index (κ2) is 8.66. The molecule has 5 heteroatoms. The van der Waals surface area contributed by atoms with Gasteiger partial charge in [0, 0.05) is 25.2 Å². The lowest BCUT2D eigenvalue weighted by Crippen LogP contribution is -2.31. The first-order chi connectivity index (χ1) is 14.6. The summed E-state index contributed by atoms with van der Waals surface area (Å²) < 4.78 is 0. The zero-order valence-corrected chi connectivity index (χ0v) is 17.3. The quantitative estimate of drug-likeness (QED) is 0.621. The number of aromatic carboxylic acids is 1. The maximum absolute atomic E-state index is 12.1. The minimum Gasteiger partial charge on any atom is -0.478 e. The van der Waals surface area contributed by atoms with Crippen LogP contribution in [-0.2, 0) is 11.8 Å². The van der Waals surface area contributed by atoms with Crippen LogP contribution in [0.2, 0.25) is 0 Å². The molecule has 0 aliphatic heterocycles. The van der Waals surface area contributed by atoms with E-state index in [1.54, 1.807) is 0 Å². The summed E-state index contributed by atoms with van der Waals surface area (Å²) in [7, 11) is 1.96. The molecule has 30 heavy (non-hydrogen) atoms. The van der Waals surface area contributed by atoms with E-state index in [2.05, 4.69) is 29.2 Å². The van der Waals surface area contributed by atoms with Crippen LogP contribution in [0.5, 0.6) is 0 Å². The predicted molar refractivity (Wildman–Crippen MR) is 118 cm³/mol. The fourth-order valence-electron chi connectivity index (χ4n) is 4.52. The van der Waals surface area contributed by atoms with E-state index in [9.17, 15) is 9.90 Å². The molecule has 1 saturated carbocycles. The average Bonchev–Trinajstić information content (AvgIpc) is 3.29. The zero-order valence-electron chi connectivity index (χ0n) is 17.3. The number of aromatic nitrogens is 2. The summed E-state index contributed by atoms with van der Waals surface area (Å²) in [5.74, 6) is -0.390. The summed E-state index contributed by atoms with van der Waals surface area (Å²) in [5.41, 5.74) is 2.88. The van der Waals surface area contributed by atoms with Crippen molar-refractivity contribution in [3.8, 4) is 0 Å². The summed E-state index contributed by atoms with van der Waals surface area (Å²) >= 11 is 0. The van der Waals surface area contributed by atoms with Crippen LogP contribution in [0, 0.1) is 0 Å². The summed E-state index contributed by atoms with van der Waals surface area (Å²) in [4.78, 5) is 23.3. The molecule has 0 amide bonds. The molecule has 0 saturated heterocycles. The number of likely N-dealkylation sites (N-methyl/N-ethyl adjacent to an activating group) is 1. The zero-order chi connectivity index (χ0) is 21.0. The fraction of sp³-hybridized carbons (Fsp3) is 0.320. The van der Waals surface area contributed by atoms with Gasteiger partial charge in [0.2, 0.25) is 5.95 Å². The first-order valence-electron chi connectivity index (χ1n) is 10.5. The van der Waals surface area contributed by atoms with Gasteiger partial charge in [0.1, 0.15) is 5.56 Å². The Labute approximate surface area is 177 Å². The summed E-state index contributed by atoms with van der Waals surface area (Å²) in [6.07, 6.45) is 6.31. The van der Waals surface area contributed by atoms with Gasteiger partial charge in [0.05, 0.1) is 5.69 Å². The molecule has 0 radical (unpaired) electrons. The van der Waals surface area contributed by atoms with Crippen molar-refractivity contribution in [2.24, 2.45) is 0 Å². The van der Waals surface area contributed by atoms with Crippen LogP contribution in [0.3, 0.4) is 0 Å². The highest BCUT2D eigenvalue weighted by Gasteiger charge is 2.41. The van der Waals surface area contributed by atoms with Gasteiger partial charge in [-0.15, -0.1) is 0 Å². The number of carboxylic acid groups (broad SMARTS) is 1. The third kappa shape index (κ3) is 3.92. The molecule has 1 N–H and O–H groups in total. The van der Waals surface area contributed by atoms with Crippen LogP contribution in [0.4, 0.5) is 5.95 Å². The van der Waals surface area contributed by atoms with Crippen LogP contribution in [0.15, 0.2) is 66.9 Å². The van der Waals surface area contributed by atoms with Gasteiger partial charge in [-0.3, -0.25) is 0 Å². The van der Waals surface area contributed by atoms with Crippen LogP contribution in [0.1, 0.15) is 52.9 Å². The van der Waals surface area contributed by atoms with Gasteiger partial charge in [-0.25, -0.2) is 14.8 Å². The molecule has 5 nitrogen and oxygen atoms in total. The fourth-order valence-corrected chi connectivity index (χ4v) is 4.52. The number of nitrogens with zero attached hydrogens (tertiary/aromatic N) is 3. The minimum absolute atomic E-state index is 0.209. The molecule has 3 aromatic rings. The van der Waals surface area contributed by atoms with E-state index in [0.717, 1.165) is 44.2 Å². The molecule has 1 heterocycles. The van der Waals surface area contributed by atoms with Crippen molar-refractivity contribution >= 4 is 11.9 Å². The van der Waals surface area contributed by atoms with Gasteiger partial charge in [-0.05, 0) is 30.4 Å². The normalized spacial score (nSPS) is 15.1. The number of anilines is 1. The van der Waals surface area contributed by atoms with Crippen LogP contribution in [-0.4, -0.2) is 34.6 Å². The monoisotopic (exact) mass is 401 g/mol. The second-order valence-electron chi connectivity index (χ2n) is 8.05. The highest BCUT2D eigenvalue weighted by molar-refractivity contribution is 5.89. The largest absolute Gasteiger partial charge is 0.478 e. The highest BCUT2D eigenvalue weighted by atomic mass is 16.4. The van der Waals surface area contributed by atoms with Gasteiger partial charge >= 0.3 is 5.97 Å². The number of hydrogen-bond acceptors (Lipinski definition) is 4. The summed E-state index contributed by atoms with van der Waals surface area (Å²) in [6, 6.07) is 20.5. The minimum atomic E-state index is -0.967. The van der Waals surface area contributed by atoms with Crippen molar-refractivity contribution in [3.05, 3.63) is 89.2 Å². The molecule has 2 aromatic carbocycles. The van der Waals surface area contributed by atoms with Crippen LogP contribution < -0.4 is 4.90 Å². The summed E-state index contributed by atoms with van der Waals surface area (Å²) in [5, 5.41) is 9.88. The Bertz CT molecular complexity index is 999. The molecule has 154 valence electrons. The van der Waals surface area contributed by atoms with Gasteiger partial charge in [-0.2, -0.15) is 0 Å². The highest BCUT2D eigenvalue weighted by Crippen LogP contribution is 2.47. The number of carboxylic acids is 1.